The summed E-state index contributed by atoms with van der Waals surface area (Å²) in [5.41, 5.74) is 6.75. The summed E-state index contributed by atoms with van der Waals surface area (Å²) in [6.45, 7) is 6.17. The molecule has 0 saturated heterocycles. The molecule has 6 heteroatoms. The molecule has 140 valence electrons. The highest BCUT2D eigenvalue weighted by Crippen LogP contribution is 2.31. The third kappa shape index (κ3) is 3.81. The fourth-order valence-electron chi connectivity index (χ4n) is 3.90. The topological polar surface area (TPSA) is 59.8 Å². The Balaban J connectivity index is 1.55. The number of aromatic nitrogens is 3. The molecule has 1 aliphatic carbocycles. The van der Waals surface area contributed by atoms with Crippen molar-refractivity contribution in [1.82, 2.24) is 20.1 Å². The number of rotatable bonds is 4. The number of carbonyl (C=O) groups excluding carboxylic acids is 1. The maximum absolute atomic E-state index is 12.5. The molecule has 0 aliphatic heterocycles. The molecule has 0 spiro atoms. The van der Waals surface area contributed by atoms with Crippen LogP contribution in [-0.2, 0) is 17.6 Å². The van der Waals surface area contributed by atoms with Gasteiger partial charge in [-0.25, -0.2) is 9.67 Å². The zero-order valence-electron chi connectivity index (χ0n) is 16.0. The van der Waals surface area contributed by atoms with E-state index in [1.54, 1.807) is 11.3 Å². The van der Waals surface area contributed by atoms with Crippen molar-refractivity contribution in [3.63, 3.8) is 0 Å². The SMILES string of the molecule is Cc1cc(C)cc(-n2ncc3c2CCCC3NC(=O)Cc2csc(C)n2)c1. The minimum atomic E-state index is 0.0253. The summed E-state index contributed by atoms with van der Waals surface area (Å²) in [5.74, 6) is 0.0253. The molecular weight excluding hydrogens is 356 g/mol. The molecule has 1 atom stereocenters. The van der Waals surface area contributed by atoms with Gasteiger partial charge in [-0.1, -0.05) is 6.07 Å². The maximum Gasteiger partial charge on any atom is 0.226 e. The lowest BCUT2D eigenvalue weighted by Crippen LogP contribution is -2.32. The molecule has 1 unspecified atom stereocenters. The highest BCUT2D eigenvalue weighted by Gasteiger charge is 2.26. The number of benzene rings is 1. The molecule has 0 bridgehead atoms. The van der Waals surface area contributed by atoms with Gasteiger partial charge in [0.2, 0.25) is 5.91 Å². The highest BCUT2D eigenvalue weighted by atomic mass is 32.1. The number of hydrogen-bond acceptors (Lipinski definition) is 4. The van der Waals surface area contributed by atoms with E-state index in [4.69, 9.17) is 0 Å². The average Bonchev–Trinajstić information content (AvgIpc) is 3.20. The standard InChI is InChI=1S/C21H24N4OS/c1-13-7-14(2)9-17(8-13)25-20-6-4-5-19(18(20)11-22-25)24-21(26)10-16-12-27-15(3)23-16/h7-9,11-12,19H,4-6,10H2,1-3H3,(H,24,26). The van der Waals surface area contributed by atoms with E-state index in [-0.39, 0.29) is 11.9 Å². The van der Waals surface area contributed by atoms with E-state index in [1.807, 2.05) is 23.2 Å². The molecular formula is C21H24N4OS. The van der Waals surface area contributed by atoms with Gasteiger partial charge in [-0.15, -0.1) is 11.3 Å². The number of thiazole rings is 1. The van der Waals surface area contributed by atoms with Crippen LogP contribution in [0, 0.1) is 20.8 Å². The van der Waals surface area contributed by atoms with E-state index >= 15 is 0 Å². The molecule has 1 amide bonds. The van der Waals surface area contributed by atoms with Crippen LogP contribution < -0.4 is 5.32 Å². The van der Waals surface area contributed by atoms with Crippen LogP contribution in [0.25, 0.3) is 5.69 Å². The average molecular weight is 381 g/mol. The van der Waals surface area contributed by atoms with Crippen LogP contribution >= 0.6 is 11.3 Å². The van der Waals surface area contributed by atoms with Crippen molar-refractivity contribution in [2.45, 2.75) is 52.5 Å². The lowest BCUT2D eigenvalue weighted by Gasteiger charge is -2.24. The number of hydrogen-bond donors (Lipinski definition) is 1. The molecule has 0 saturated carbocycles. The van der Waals surface area contributed by atoms with Gasteiger partial charge in [-0.05, 0) is 63.3 Å². The minimum Gasteiger partial charge on any atom is -0.349 e. The number of aryl methyl sites for hydroxylation is 3. The van der Waals surface area contributed by atoms with Crippen molar-refractivity contribution in [3.05, 3.63) is 62.9 Å². The smallest absolute Gasteiger partial charge is 0.226 e. The van der Waals surface area contributed by atoms with Crippen LogP contribution in [0.1, 0.15) is 52.0 Å². The molecule has 5 nitrogen and oxygen atoms in total. The molecule has 1 aromatic carbocycles. The molecule has 4 rings (SSSR count). The number of carbonyl (C=O) groups is 1. The van der Waals surface area contributed by atoms with Crippen LogP contribution in [0.2, 0.25) is 0 Å². The first-order valence-electron chi connectivity index (χ1n) is 9.35. The summed E-state index contributed by atoms with van der Waals surface area (Å²) < 4.78 is 2.04. The Morgan fingerprint density at radius 1 is 1.26 bits per heavy atom. The third-order valence-corrected chi connectivity index (χ3v) is 5.80. The molecule has 3 aromatic rings. The summed E-state index contributed by atoms with van der Waals surface area (Å²) in [4.78, 5) is 16.9. The largest absolute Gasteiger partial charge is 0.349 e. The number of fused-ring (bicyclic) bond motifs is 1. The first-order chi connectivity index (χ1) is 13.0. The van der Waals surface area contributed by atoms with E-state index in [0.717, 1.165) is 41.2 Å². The summed E-state index contributed by atoms with van der Waals surface area (Å²) in [7, 11) is 0. The van der Waals surface area contributed by atoms with Crippen LogP contribution in [0.4, 0.5) is 0 Å². The van der Waals surface area contributed by atoms with Crippen molar-refractivity contribution in [2.24, 2.45) is 0 Å². The lowest BCUT2D eigenvalue weighted by atomic mass is 9.92. The van der Waals surface area contributed by atoms with Gasteiger partial charge in [0.15, 0.2) is 0 Å². The molecule has 1 aliphatic rings. The fourth-order valence-corrected chi connectivity index (χ4v) is 4.51. The molecule has 1 N–H and O–H groups in total. The Kier molecular flexibility index (Phi) is 4.83. The highest BCUT2D eigenvalue weighted by molar-refractivity contribution is 7.09. The van der Waals surface area contributed by atoms with Gasteiger partial charge in [0.05, 0.1) is 35.0 Å². The quantitative estimate of drug-likeness (QED) is 0.744. The number of nitrogens with zero attached hydrogens (tertiary/aromatic N) is 3. The lowest BCUT2D eigenvalue weighted by molar-refractivity contribution is -0.121. The van der Waals surface area contributed by atoms with Gasteiger partial charge < -0.3 is 5.32 Å². The zero-order chi connectivity index (χ0) is 19.0. The Morgan fingerprint density at radius 2 is 2.04 bits per heavy atom. The first kappa shape index (κ1) is 17.9. The van der Waals surface area contributed by atoms with Gasteiger partial charge in [0.25, 0.3) is 0 Å². The van der Waals surface area contributed by atoms with Gasteiger partial charge in [-0.2, -0.15) is 5.10 Å². The maximum atomic E-state index is 12.5. The van der Waals surface area contributed by atoms with Crippen LogP contribution in [0.5, 0.6) is 0 Å². The molecule has 0 radical (unpaired) electrons. The van der Waals surface area contributed by atoms with Crippen molar-refractivity contribution in [2.75, 3.05) is 0 Å². The summed E-state index contributed by atoms with van der Waals surface area (Å²) in [6, 6.07) is 6.52. The van der Waals surface area contributed by atoms with E-state index in [1.165, 1.54) is 16.8 Å². The second-order valence-corrected chi connectivity index (χ2v) is 8.41. The van der Waals surface area contributed by atoms with Gasteiger partial charge in [0.1, 0.15) is 0 Å². The fraction of sp³-hybridized carbons (Fsp3) is 0.381. The minimum absolute atomic E-state index is 0.0253. The van der Waals surface area contributed by atoms with E-state index in [2.05, 4.69) is 47.4 Å². The molecule has 27 heavy (non-hydrogen) atoms. The third-order valence-electron chi connectivity index (χ3n) is 4.98. The predicted molar refractivity (Wildman–Crippen MR) is 107 cm³/mol. The Hall–Kier alpha value is -2.47. The summed E-state index contributed by atoms with van der Waals surface area (Å²) in [5, 5.41) is 10.8. The summed E-state index contributed by atoms with van der Waals surface area (Å²) >= 11 is 1.58. The number of amides is 1. The van der Waals surface area contributed by atoms with Crippen LogP contribution in [-0.4, -0.2) is 20.7 Å². The first-order valence-corrected chi connectivity index (χ1v) is 10.2. The van der Waals surface area contributed by atoms with Crippen molar-refractivity contribution in [3.8, 4) is 5.69 Å². The molecule has 0 fully saturated rings. The zero-order valence-corrected chi connectivity index (χ0v) is 16.8. The Bertz CT molecular complexity index is 968. The molecule has 2 heterocycles. The van der Waals surface area contributed by atoms with E-state index < -0.39 is 0 Å². The van der Waals surface area contributed by atoms with Gasteiger partial charge in [0, 0.05) is 16.6 Å². The molecule has 2 aromatic heterocycles. The van der Waals surface area contributed by atoms with Gasteiger partial charge >= 0.3 is 0 Å². The van der Waals surface area contributed by atoms with Crippen LogP contribution in [0.15, 0.2) is 29.8 Å². The second-order valence-electron chi connectivity index (χ2n) is 7.35. The van der Waals surface area contributed by atoms with Crippen molar-refractivity contribution < 1.29 is 4.79 Å². The Labute approximate surface area is 163 Å². The predicted octanol–water partition coefficient (Wildman–Crippen LogP) is 3.99. The van der Waals surface area contributed by atoms with E-state index in [9.17, 15) is 4.79 Å². The summed E-state index contributed by atoms with van der Waals surface area (Å²) in [6.07, 6.45) is 5.24. The van der Waals surface area contributed by atoms with Gasteiger partial charge in [-0.3, -0.25) is 4.79 Å². The number of nitrogens with one attached hydrogen (secondary N) is 1. The normalized spacial score (nSPS) is 16.2. The van der Waals surface area contributed by atoms with Crippen molar-refractivity contribution >= 4 is 17.2 Å². The Morgan fingerprint density at radius 3 is 2.74 bits per heavy atom. The van der Waals surface area contributed by atoms with E-state index in [0.29, 0.717) is 6.42 Å². The monoisotopic (exact) mass is 380 g/mol. The van der Waals surface area contributed by atoms with Crippen LogP contribution in [0.3, 0.4) is 0 Å². The van der Waals surface area contributed by atoms with Crippen molar-refractivity contribution in [1.29, 1.82) is 0 Å². The second kappa shape index (κ2) is 7.27.